The Hall–Kier alpha value is -1.62. The Bertz CT molecular complexity index is 629. The van der Waals surface area contributed by atoms with E-state index in [1.165, 1.54) is 0 Å². The standard InChI is InChI=1S/C14H16O4S/c1-3-9(2)19(17)8-12-13(14(15)16)10-6-4-5-7-11(10)18-12/h4-7,9H,3,8H2,1-2H3,(H,15,16). The number of fused-ring (bicyclic) bond motifs is 1. The van der Waals surface area contributed by atoms with Crippen LogP contribution >= 0.6 is 0 Å². The van der Waals surface area contributed by atoms with Gasteiger partial charge in [0.05, 0.1) is 5.75 Å². The first-order valence-electron chi connectivity index (χ1n) is 6.15. The molecular formula is C14H16O4S. The molecule has 2 aromatic rings. The molecule has 4 nitrogen and oxygen atoms in total. The van der Waals surface area contributed by atoms with E-state index in [1.54, 1.807) is 24.3 Å². The van der Waals surface area contributed by atoms with Crippen LogP contribution < -0.4 is 0 Å². The summed E-state index contributed by atoms with van der Waals surface area (Å²) < 4.78 is 17.6. The molecule has 0 aliphatic heterocycles. The summed E-state index contributed by atoms with van der Waals surface area (Å²) in [7, 11) is -1.13. The maximum Gasteiger partial charge on any atom is 0.339 e. The molecule has 2 atom stereocenters. The Morgan fingerprint density at radius 3 is 2.74 bits per heavy atom. The van der Waals surface area contributed by atoms with E-state index in [4.69, 9.17) is 4.42 Å². The van der Waals surface area contributed by atoms with Crippen LogP contribution in [0.1, 0.15) is 36.4 Å². The second-order valence-electron chi connectivity index (χ2n) is 4.45. The minimum atomic E-state index is -1.13. The van der Waals surface area contributed by atoms with E-state index in [-0.39, 0.29) is 16.6 Å². The van der Waals surface area contributed by atoms with Crippen LogP contribution in [-0.2, 0) is 16.6 Å². The molecule has 0 saturated heterocycles. The molecule has 0 aliphatic carbocycles. The molecule has 0 aliphatic rings. The van der Waals surface area contributed by atoms with Crippen molar-refractivity contribution >= 4 is 27.7 Å². The van der Waals surface area contributed by atoms with Crippen molar-refractivity contribution in [2.45, 2.75) is 31.3 Å². The van der Waals surface area contributed by atoms with Gasteiger partial charge in [0.2, 0.25) is 0 Å². The Morgan fingerprint density at radius 2 is 2.11 bits per heavy atom. The fraction of sp³-hybridized carbons (Fsp3) is 0.357. The van der Waals surface area contributed by atoms with Crippen molar-refractivity contribution in [1.29, 1.82) is 0 Å². The summed E-state index contributed by atoms with van der Waals surface area (Å²) in [5, 5.41) is 9.89. The SMILES string of the molecule is CCC(C)S(=O)Cc1oc2ccccc2c1C(=O)O. The van der Waals surface area contributed by atoms with Gasteiger partial charge in [-0.05, 0) is 12.5 Å². The van der Waals surface area contributed by atoms with Crippen molar-refractivity contribution in [2.24, 2.45) is 0 Å². The summed E-state index contributed by atoms with van der Waals surface area (Å²) in [6, 6.07) is 6.97. The summed E-state index contributed by atoms with van der Waals surface area (Å²) in [6.45, 7) is 3.85. The van der Waals surface area contributed by atoms with Crippen molar-refractivity contribution in [3.63, 3.8) is 0 Å². The lowest BCUT2D eigenvalue weighted by atomic mass is 10.1. The smallest absolute Gasteiger partial charge is 0.339 e. The molecule has 1 aromatic heterocycles. The summed E-state index contributed by atoms with van der Waals surface area (Å²) in [5.41, 5.74) is 0.656. The van der Waals surface area contributed by atoms with Crippen LogP contribution in [0.25, 0.3) is 11.0 Å². The van der Waals surface area contributed by atoms with Gasteiger partial charge in [-0.25, -0.2) is 4.79 Å². The van der Waals surface area contributed by atoms with E-state index in [9.17, 15) is 14.1 Å². The maximum absolute atomic E-state index is 12.1. The largest absolute Gasteiger partial charge is 0.478 e. The number of hydrogen-bond donors (Lipinski definition) is 1. The van der Waals surface area contributed by atoms with Crippen LogP contribution in [0.2, 0.25) is 0 Å². The number of carboxylic acid groups (broad SMARTS) is 1. The predicted molar refractivity (Wildman–Crippen MR) is 74.8 cm³/mol. The van der Waals surface area contributed by atoms with Gasteiger partial charge in [0.15, 0.2) is 0 Å². The van der Waals surface area contributed by atoms with Gasteiger partial charge in [0, 0.05) is 21.4 Å². The van der Waals surface area contributed by atoms with Gasteiger partial charge in [-0.1, -0.05) is 32.0 Å². The van der Waals surface area contributed by atoms with E-state index in [2.05, 4.69) is 0 Å². The summed E-state index contributed by atoms with van der Waals surface area (Å²) in [5.74, 6) is -0.598. The van der Waals surface area contributed by atoms with Crippen molar-refractivity contribution in [3.8, 4) is 0 Å². The third-order valence-corrected chi connectivity index (χ3v) is 4.96. The lowest BCUT2D eigenvalue weighted by molar-refractivity contribution is 0.0697. The highest BCUT2D eigenvalue weighted by atomic mass is 32.2. The Morgan fingerprint density at radius 1 is 1.42 bits per heavy atom. The third kappa shape index (κ3) is 2.71. The van der Waals surface area contributed by atoms with Crippen LogP contribution in [0.5, 0.6) is 0 Å². The molecule has 0 amide bonds. The van der Waals surface area contributed by atoms with Crippen LogP contribution in [0.15, 0.2) is 28.7 Å². The number of carboxylic acids is 1. The fourth-order valence-electron chi connectivity index (χ4n) is 1.89. The van der Waals surface area contributed by atoms with Gasteiger partial charge < -0.3 is 9.52 Å². The lowest BCUT2D eigenvalue weighted by Gasteiger charge is -2.07. The van der Waals surface area contributed by atoms with Gasteiger partial charge in [-0.2, -0.15) is 0 Å². The van der Waals surface area contributed by atoms with Gasteiger partial charge in [-0.3, -0.25) is 4.21 Å². The highest BCUT2D eigenvalue weighted by Crippen LogP contribution is 2.27. The van der Waals surface area contributed by atoms with Gasteiger partial charge >= 0.3 is 5.97 Å². The predicted octanol–water partition coefficient (Wildman–Crippen LogP) is 3.18. The number of furan rings is 1. The molecule has 2 unspecified atom stereocenters. The maximum atomic E-state index is 12.1. The summed E-state index contributed by atoms with van der Waals surface area (Å²) in [4.78, 5) is 11.4. The molecule has 0 bridgehead atoms. The second-order valence-corrected chi connectivity index (χ2v) is 6.30. The van der Waals surface area contributed by atoms with Crippen molar-refractivity contribution in [1.82, 2.24) is 0 Å². The molecular weight excluding hydrogens is 264 g/mol. The van der Waals surface area contributed by atoms with Crippen LogP contribution in [0.4, 0.5) is 0 Å². The number of para-hydroxylation sites is 1. The van der Waals surface area contributed by atoms with Crippen LogP contribution in [0.3, 0.4) is 0 Å². The van der Waals surface area contributed by atoms with E-state index in [1.807, 2.05) is 13.8 Å². The molecule has 2 rings (SSSR count). The van der Waals surface area contributed by atoms with Crippen molar-refractivity contribution in [2.75, 3.05) is 0 Å². The molecule has 19 heavy (non-hydrogen) atoms. The molecule has 102 valence electrons. The first-order valence-corrected chi connectivity index (χ1v) is 7.53. The number of hydrogen-bond acceptors (Lipinski definition) is 3. The van der Waals surface area contributed by atoms with Crippen LogP contribution in [0, 0.1) is 0 Å². The lowest BCUT2D eigenvalue weighted by Crippen LogP contribution is -2.12. The zero-order chi connectivity index (χ0) is 14.0. The highest BCUT2D eigenvalue weighted by Gasteiger charge is 2.22. The first kappa shape index (κ1) is 13.8. The topological polar surface area (TPSA) is 67.5 Å². The van der Waals surface area contributed by atoms with Gasteiger partial charge in [0.1, 0.15) is 16.9 Å². The average molecular weight is 280 g/mol. The Labute approximate surface area is 113 Å². The van der Waals surface area contributed by atoms with Gasteiger partial charge in [-0.15, -0.1) is 0 Å². The number of benzene rings is 1. The highest BCUT2D eigenvalue weighted by molar-refractivity contribution is 7.84. The zero-order valence-corrected chi connectivity index (χ0v) is 11.7. The summed E-state index contributed by atoms with van der Waals surface area (Å²) in [6.07, 6.45) is 0.787. The molecule has 1 aromatic carbocycles. The average Bonchev–Trinajstić information content (AvgIpc) is 2.75. The van der Waals surface area contributed by atoms with E-state index >= 15 is 0 Å². The second kappa shape index (κ2) is 5.57. The third-order valence-electron chi connectivity index (χ3n) is 3.18. The molecule has 0 fully saturated rings. The minimum Gasteiger partial charge on any atom is -0.478 e. The molecule has 0 radical (unpaired) electrons. The van der Waals surface area contributed by atoms with Crippen LogP contribution in [-0.4, -0.2) is 20.5 Å². The van der Waals surface area contributed by atoms with Gasteiger partial charge in [0.25, 0.3) is 0 Å². The molecule has 1 heterocycles. The molecule has 5 heteroatoms. The number of aromatic carboxylic acids is 1. The monoisotopic (exact) mass is 280 g/mol. The molecule has 0 spiro atoms. The first-order chi connectivity index (χ1) is 9.04. The Kier molecular flexibility index (Phi) is 4.04. The quantitative estimate of drug-likeness (QED) is 0.913. The normalized spacial score (nSPS) is 14.4. The fourth-order valence-corrected chi connectivity index (χ4v) is 3.01. The van der Waals surface area contributed by atoms with E-state index < -0.39 is 16.8 Å². The Balaban J connectivity index is 2.45. The zero-order valence-electron chi connectivity index (χ0n) is 10.9. The van der Waals surface area contributed by atoms with E-state index in [0.29, 0.717) is 16.7 Å². The van der Waals surface area contributed by atoms with E-state index in [0.717, 1.165) is 6.42 Å². The molecule has 1 N–H and O–H groups in total. The van der Waals surface area contributed by atoms with Crippen molar-refractivity contribution < 1.29 is 18.5 Å². The summed E-state index contributed by atoms with van der Waals surface area (Å²) >= 11 is 0. The number of rotatable bonds is 5. The minimum absolute atomic E-state index is 0.0230. The van der Waals surface area contributed by atoms with Crippen molar-refractivity contribution in [3.05, 3.63) is 35.6 Å². The number of carbonyl (C=O) groups is 1. The molecule has 0 saturated carbocycles.